The quantitative estimate of drug-likeness (QED) is 0.634. The fourth-order valence-electron chi connectivity index (χ4n) is 4.21. The Morgan fingerprint density at radius 3 is 2.30 bits per heavy atom. The van der Waals surface area contributed by atoms with Crippen LogP contribution in [0.4, 0.5) is 5.69 Å². The van der Waals surface area contributed by atoms with Crippen LogP contribution in [0.3, 0.4) is 0 Å². The molecule has 4 rings (SSSR count). The third-order valence-electron chi connectivity index (χ3n) is 6.49. The minimum atomic E-state index is 0.0598. The smallest absolute Gasteiger partial charge is 0.220 e. The van der Waals surface area contributed by atoms with Gasteiger partial charge in [0.25, 0.3) is 0 Å². The summed E-state index contributed by atoms with van der Waals surface area (Å²) in [6, 6.07) is 17.5. The van der Waals surface area contributed by atoms with E-state index in [1.165, 1.54) is 42.5 Å². The van der Waals surface area contributed by atoms with Gasteiger partial charge in [0, 0.05) is 25.2 Å². The van der Waals surface area contributed by atoms with Crippen molar-refractivity contribution in [2.75, 3.05) is 24.6 Å². The van der Waals surface area contributed by atoms with Gasteiger partial charge in [0.2, 0.25) is 5.91 Å². The second kappa shape index (κ2) is 9.55. The second-order valence-electron chi connectivity index (χ2n) is 8.82. The molecule has 1 atom stereocenters. The molecule has 1 N–H and O–H groups in total. The zero-order chi connectivity index (χ0) is 20.9. The van der Waals surface area contributed by atoms with E-state index >= 15 is 0 Å². The summed E-state index contributed by atoms with van der Waals surface area (Å²) in [5.41, 5.74) is 3.88. The highest BCUT2D eigenvalue weighted by Crippen LogP contribution is 2.33. The van der Waals surface area contributed by atoms with E-state index < -0.39 is 0 Å². The molecule has 1 amide bonds. The van der Waals surface area contributed by atoms with Crippen LogP contribution in [0.1, 0.15) is 69.0 Å². The summed E-state index contributed by atoms with van der Waals surface area (Å²) in [5.74, 6) is 2.49. The highest BCUT2D eigenvalue weighted by molar-refractivity contribution is 5.76. The molecule has 1 heterocycles. The Labute approximate surface area is 180 Å². The molecule has 1 saturated heterocycles. The Morgan fingerprint density at radius 1 is 1.03 bits per heavy atom. The van der Waals surface area contributed by atoms with E-state index in [4.69, 9.17) is 4.74 Å². The number of nitrogens with one attached hydrogen (secondary N) is 1. The highest BCUT2D eigenvalue weighted by Gasteiger charge is 2.23. The standard InChI is InChI=1S/C26H34N2O2/c1-3-26(29)27-19(2)21-6-8-22(9-7-21)23-14-16-28(17-15-23)24-10-12-25(13-11-24)30-18-20-4-5-20/h6-13,19-20,23H,3-5,14-18H2,1-2H3,(H,27,29). The lowest BCUT2D eigenvalue weighted by Gasteiger charge is -2.34. The van der Waals surface area contributed by atoms with Crippen LogP contribution in [-0.2, 0) is 4.79 Å². The summed E-state index contributed by atoms with van der Waals surface area (Å²) in [5, 5.41) is 3.03. The fourth-order valence-corrected chi connectivity index (χ4v) is 4.21. The molecule has 4 heteroatoms. The van der Waals surface area contributed by atoms with Crippen LogP contribution in [0.15, 0.2) is 48.5 Å². The van der Waals surface area contributed by atoms with Crippen molar-refractivity contribution in [3.8, 4) is 5.75 Å². The van der Waals surface area contributed by atoms with E-state index in [9.17, 15) is 4.79 Å². The maximum absolute atomic E-state index is 11.6. The first kappa shape index (κ1) is 20.8. The topological polar surface area (TPSA) is 41.6 Å². The number of nitrogens with zero attached hydrogens (tertiary/aromatic N) is 1. The lowest BCUT2D eigenvalue weighted by molar-refractivity contribution is -0.121. The molecule has 1 saturated carbocycles. The van der Waals surface area contributed by atoms with Gasteiger partial charge in [0.05, 0.1) is 12.6 Å². The molecule has 2 aliphatic rings. The van der Waals surface area contributed by atoms with Crippen molar-refractivity contribution in [3.05, 3.63) is 59.7 Å². The zero-order valence-electron chi connectivity index (χ0n) is 18.3. The number of anilines is 1. The van der Waals surface area contributed by atoms with Crippen molar-refractivity contribution >= 4 is 11.6 Å². The van der Waals surface area contributed by atoms with E-state index in [1.54, 1.807) is 0 Å². The molecule has 2 aromatic carbocycles. The largest absolute Gasteiger partial charge is 0.493 e. The summed E-state index contributed by atoms with van der Waals surface area (Å²) in [6.07, 6.45) is 5.51. The van der Waals surface area contributed by atoms with Crippen LogP contribution in [0.2, 0.25) is 0 Å². The number of hydrogen-bond acceptors (Lipinski definition) is 3. The first-order valence-electron chi connectivity index (χ1n) is 11.5. The second-order valence-corrected chi connectivity index (χ2v) is 8.82. The normalized spacial score (nSPS) is 18.1. The molecule has 1 aliphatic heterocycles. The summed E-state index contributed by atoms with van der Waals surface area (Å²) in [4.78, 5) is 14.1. The lowest BCUT2D eigenvalue weighted by atomic mass is 9.88. The summed E-state index contributed by atoms with van der Waals surface area (Å²) < 4.78 is 5.86. The van der Waals surface area contributed by atoms with E-state index in [1.807, 2.05) is 13.8 Å². The third kappa shape index (κ3) is 5.35. The summed E-state index contributed by atoms with van der Waals surface area (Å²) in [7, 11) is 0. The average Bonchev–Trinajstić information content (AvgIpc) is 3.63. The molecule has 0 radical (unpaired) electrons. The molecule has 4 nitrogen and oxygen atoms in total. The number of piperidine rings is 1. The lowest BCUT2D eigenvalue weighted by Crippen LogP contribution is -2.32. The predicted molar refractivity (Wildman–Crippen MR) is 122 cm³/mol. The Kier molecular flexibility index (Phi) is 6.61. The molecule has 30 heavy (non-hydrogen) atoms. The number of amides is 1. The molecular formula is C26H34N2O2. The van der Waals surface area contributed by atoms with Crippen LogP contribution in [0, 0.1) is 5.92 Å². The van der Waals surface area contributed by atoms with E-state index in [-0.39, 0.29) is 11.9 Å². The maximum Gasteiger partial charge on any atom is 0.220 e. The minimum Gasteiger partial charge on any atom is -0.493 e. The number of carbonyl (C=O) groups excluding carboxylic acids is 1. The van der Waals surface area contributed by atoms with Gasteiger partial charge in [-0.15, -0.1) is 0 Å². The molecule has 2 aromatic rings. The first-order chi connectivity index (χ1) is 14.6. The van der Waals surface area contributed by atoms with Crippen LogP contribution in [-0.4, -0.2) is 25.6 Å². The first-order valence-corrected chi connectivity index (χ1v) is 11.5. The number of rotatable bonds is 8. The van der Waals surface area contributed by atoms with Crippen molar-refractivity contribution in [2.24, 2.45) is 5.92 Å². The Hall–Kier alpha value is -2.49. The van der Waals surface area contributed by atoms with Crippen molar-refractivity contribution < 1.29 is 9.53 Å². The molecule has 160 valence electrons. The predicted octanol–water partition coefficient (Wildman–Crippen LogP) is 5.45. The number of ether oxygens (including phenoxy) is 1. The van der Waals surface area contributed by atoms with Gasteiger partial charge in [0.15, 0.2) is 0 Å². The van der Waals surface area contributed by atoms with Crippen molar-refractivity contribution in [2.45, 2.75) is 57.9 Å². The van der Waals surface area contributed by atoms with E-state index in [2.05, 4.69) is 58.7 Å². The van der Waals surface area contributed by atoms with Crippen molar-refractivity contribution in [1.82, 2.24) is 5.32 Å². The molecule has 1 aliphatic carbocycles. The maximum atomic E-state index is 11.6. The number of benzene rings is 2. The molecule has 0 aromatic heterocycles. The van der Waals surface area contributed by atoms with Gasteiger partial charge in [0.1, 0.15) is 5.75 Å². The molecule has 0 bridgehead atoms. The fraction of sp³-hybridized carbons (Fsp3) is 0.500. The zero-order valence-corrected chi connectivity index (χ0v) is 18.3. The molecule has 1 unspecified atom stereocenters. The monoisotopic (exact) mass is 406 g/mol. The number of carbonyl (C=O) groups is 1. The third-order valence-corrected chi connectivity index (χ3v) is 6.49. The van der Waals surface area contributed by atoms with Gasteiger partial charge >= 0.3 is 0 Å². The Balaban J connectivity index is 1.28. The van der Waals surface area contributed by atoms with Gasteiger partial charge in [-0.05, 0) is 79.8 Å². The Morgan fingerprint density at radius 2 is 1.70 bits per heavy atom. The average molecular weight is 407 g/mol. The van der Waals surface area contributed by atoms with Gasteiger partial charge < -0.3 is 15.0 Å². The molecule has 2 fully saturated rings. The van der Waals surface area contributed by atoms with Gasteiger partial charge in [-0.3, -0.25) is 4.79 Å². The van der Waals surface area contributed by atoms with E-state index in [0.29, 0.717) is 12.3 Å². The van der Waals surface area contributed by atoms with Crippen molar-refractivity contribution in [3.63, 3.8) is 0 Å². The van der Waals surface area contributed by atoms with Crippen LogP contribution in [0.25, 0.3) is 0 Å². The van der Waals surface area contributed by atoms with Gasteiger partial charge in [-0.25, -0.2) is 0 Å². The van der Waals surface area contributed by atoms with Crippen LogP contribution in [0.5, 0.6) is 5.75 Å². The highest BCUT2D eigenvalue weighted by atomic mass is 16.5. The van der Waals surface area contributed by atoms with E-state index in [0.717, 1.165) is 31.4 Å². The molecular weight excluding hydrogens is 372 g/mol. The minimum absolute atomic E-state index is 0.0598. The Bertz CT molecular complexity index is 819. The summed E-state index contributed by atoms with van der Waals surface area (Å²) in [6.45, 7) is 6.96. The molecule has 0 spiro atoms. The van der Waals surface area contributed by atoms with Crippen LogP contribution < -0.4 is 15.0 Å². The van der Waals surface area contributed by atoms with Crippen molar-refractivity contribution in [1.29, 1.82) is 0 Å². The van der Waals surface area contributed by atoms with Crippen LogP contribution >= 0.6 is 0 Å². The SMILES string of the molecule is CCC(=O)NC(C)c1ccc(C2CCN(c3ccc(OCC4CC4)cc3)CC2)cc1. The number of hydrogen-bond donors (Lipinski definition) is 1. The van der Waals surface area contributed by atoms with Gasteiger partial charge in [-0.1, -0.05) is 31.2 Å². The van der Waals surface area contributed by atoms with Gasteiger partial charge in [-0.2, -0.15) is 0 Å². The summed E-state index contributed by atoms with van der Waals surface area (Å²) >= 11 is 0.